The van der Waals surface area contributed by atoms with Gasteiger partial charge in [-0.25, -0.2) is 4.98 Å². The average molecular weight is 354 g/mol. The van der Waals surface area contributed by atoms with Crippen molar-refractivity contribution in [3.63, 3.8) is 0 Å². The third kappa shape index (κ3) is 4.23. The van der Waals surface area contributed by atoms with Crippen molar-refractivity contribution in [2.24, 2.45) is 17.3 Å². The molecule has 1 aromatic heterocycles. The Bertz CT molecular complexity index is 606. The van der Waals surface area contributed by atoms with Crippen LogP contribution in [0, 0.1) is 17.3 Å². The quantitative estimate of drug-likeness (QED) is 0.823. The maximum atomic E-state index is 12.5. The number of nitrogens with zero attached hydrogens (tertiary/aromatic N) is 2. The lowest BCUT2D eigenvalue weighted by Gasteiger charge is -2.37. The number of hydrogen-bond donors (Lipinski definition) is 1. The highest BCUT2D eigenvalue weighted by atomic mass is 35.5. The first-order valence-electron chi connectivity index (χ1n) is 8.17. The number of esters is 1. The Kier molecular flexibility index (Phi) is 6.15. The van der Waals surface area contributed by atoms with E-state index in [2.05, 4.69) is 15.3 Å². The molecule has 1 aliphatic carbocycles. The molecule has 0 aromatic carbocycles. The van der Waals surface area contributed by atoms with E-state index in [1.165, 1.54) is 13.3 Å². The van der Waals surface area contributed by atoms with Gasteiger partial charge in [0.05, 0.1) is 24.8 Å². The molecular formula is C17H24ClN3O3. The number of rotatable bonds is 5. The summed E-state index contributed by atoms with van der Waals surface area (Å²) < 4.78 is 4.91. The fraction of sp³-hybridized carbons (Fsp3) is 0.647. The van der Waals surface area contributed by atoms with Crippen molar-refractivity contribution in [2.45, 2.75) is 46.1 Å². The van der Waals surface area contributed by atoms with Crippen LogP contribution in [-0.2, 0) is 20.9 Å². The lowest BCUT2D eigenvalue weighted by molar-refractivity contribution is -0.155. The van der Waals surface area contributed by atoms with E-state index in [1.54, 1.807) is 6.20 Å². The summed E-state index contributed by atoms with van der Waals surface area (Å²) in [5, 5.41) is 3.18. The third-order valence-corrected chi connectivity index (χ3v) is 5.25. The van der Waals surface area contributed by atoms with Gasteiger partial charge in [0.15, 0.2) is 5.15 Å². The largest absolute Gasteiger partial charge is 0.469 e. The maximum Gasteiger partial charge on any atom is 0.311 e. The molecule has 0 saturated heterocycles. The first kappa shape index (κ1) is 18.6. The standard InChI is InChI=1S/C17H24ClN3O3/c1-17(2,16(23)24-3)12-6-4-5-11(9-12)15(22)21-10-13-14(18)20-8-7-19-13/h7-8,11-12H,4-6,9-10H2,1-3H3,(H,21,22). The van der Waals surface area contributed by atoms with Gasteiger partial charge in [-0.05, 0) is 39.0 Å². The second-order valence-corrected chi connectivity index (χ2v) is 7.14. The minimum Gasteiger partial charge on any atom is -0.469 e. The van der Waals surface area contributed by atoms with E-state index in [0.717, 1.165) is 19.3 Å². The van der Waals surface area contributed by atoms with E-state index in [0.29, 0.717) is 17.3 Å². The van der Waals surface area contributed by atoms with Crippen molar-refractivity contribution >= 4 is 23.5 Å². The summed E-state index contributed by atoms with van der Waals surface area (Å²) in [6.07, 6.45) is 6.42. The van der Waals surface area contributed by atoms with E-state index >= 15 is 0 Å². The van der Waals surface area contributed by atoms with Crippen molar-refractivity contribution in [3.8, 4) is 0 Å². The molecule has 1 N–H and O–H groups in total. The number of carbonyl (C=O) groups is 2. The normalized spacial score (nSPS) is 21.2. The third-order valence-electron chi connectivity index (χ3n) is 4.93. The van der Waals surface area contributed by atoms with E-state index in [4.69, 9.17) is 16.3 Å². The number of hydrogen-bond acceptors (Lipinski definition) is 5. The summed E-state index contributed by atoms with van der Waals surface area (Å²) in [4.78, 5) is 32.5. The SMILES string of the molecule is COC(=O)C(C)(C)C1CCCC(C(=O)NCc2nccnc2Cl)C1. The van der Waals surface area contributed by atoms with Gasteiger partial charge in [-0.2, -0.15) is 0 Å². The van der Waals surface area contributed by atoms with Gasteiger partial charge in [0.2, 0.25) is 5.91 Å². The van der Waals surface area contributed by atoms with Crippen molar-refractivity contribution in [1.29, 1.82) is 0 Å². The highest BCUT2D eigenvalue weighted by Gasteiger charge is 2.41. The molecule has 6 nitrogen and oxygen atoms in total. The van der Waals surface area contributed by atoms with E-state index in [9.17, 15) is 9.59 Å². The van der Waals surface area contributed by atoms with Gasteiger partial charge in [0.25, 0.3) is 0 Å². The second-order valence-electron chi connectivity index (χ2n) is 6.79. The highest BCUT2D eigenvalue weighted by Crippen LogP contribution is 2.41. The molecule has 1 heterocycles. The zero-order chi connectivity index (χ0) is 17.7. The van der Waals surface area contributed by atoms with Crippen LogP contribution < -0.4 is 5.32 Å². The Hall–Kier alpha value is -1.69. The van der Waals surface area contributed by atoms with Crippen LogP contribution in [-0.4, -0.2) is 29.0 Å². The molecule has 0 radical (unpaired) electrons. The molecule has 0 aliphatic heterocycles. The molecule has 1 aliphatic rings. The van der Waals surface area contributed by atoms with Crippen LogP contribution in [0.1, 0.15) is 45.2 Å². The predicted molar refractivity (Wildman–Crippen MR) is 90.1 cm³/mol. The number of carbonyl (C=O) groups excluding carboxylic acids is 2. The lowest BCUT2D eigenvalue weighted by atomic mass is 9.68. The molecule has 132 valence electrons. The fourth-order valence-corrected chi connectivity index (χ4v) is 3.47. The first-order chi connectivity index (χ1) is 11.4. The molecule has 1 saturated carbocycles. The summed E-state index contributed by atoms with van der Waals surface area (Å²) in [5.74, 6) is -0.223. The molecule has 2 unspecified atom stereocenters. The molecule has 2 rings (SSSR count). The zero-order valence-corrected chi connectivity index (χ0v) is 15.1. The van der Waals surface area contributed by atoms with Crippen molar-refractivity contribution < 1.29 is 14.3 Å². The van der Waals surface area contributed by atoms with Crippen molar-refractivity contribution in [3.05, 3.63) is 23.2 Å². The highest BCUT2D eigenvalue weighted by molar-refractivity contribution is 6.29. The van der Waals surface area contributed by atoms with Gasteiger partial charge < -0.3 is 10.1 Å². The molecule has 0 bridgehead atoms. The summed E-state index contributed by atoms with van der Waals surface area (Å²) in [5.41, 5.74) is -0.0307. The van der Waals surface area contributed by atoms with Gasteiger partial charge in [-0.1, -0.05) is 18.0 Å². The number of nitrogens with one attached hydrogen (secondary N) is 1. The van der Waals surface area contributed by atoms with Crippen LogP contribution in [0.4, 0.5) is 0 Å². The summed E-state index contributed by atoms with van der Waals surface area (Å²) in [6.45, 7) is 4.04. The van der Waals surface area contributed by atoms with E-state index in [1.807, 2.05) is 13.8 Å². The van der Waals surface area contributed by atoms with Crippen LogP contribution >= 0.6 is 11.6 Å². The maximum absolute atomic E-state index is 12.5. The minimum absolute atomic E-state index is 0.0258. The van der Waals surface area contributed by atoms with Crippen molar-refractivity contribution in [1.82, 2.24) is 15.3 Å². The molecule has 7 heteroatoms. The molecule has 0 spiro atoms. The molecule has 2 atom stereocenters. The van der Waals surface area contributed by atoms with Crippen molar-refractivity contribution in [2.75, 3.05) is 7.11 Å². The van der Waals surface area contributed by atoms with Gasteiger partial charge >= 0.3 is 5.97 Å². The smallest absolute Gasteiger partial charge is 0.311 e. The van der Waals surface area contributed by atoms with Crippen LogP contribution in [0.2, 0.25) is 5.15 Å². The summed E-state index contributed by atoms with van der Waals surface area (Å²) >= 11 is 5.95. The lowest BCUT2D eigenvalue weighted by Crippen LogP contribution is -2.40. The van der Waals surface area contributed by atoms with Gasteiger partial charge in [0, 0.05) is 18.3 Å². The minimum atomic E-state index is -0.581. The fourth-order valence-electron chi connectivity index (χ4n) is 3.30. The molecule has 1 fully saturated rings. The van der Waals surface area contributed by atoms with E-state index < -0.39 is 5.41 Å². The molecule has 24 heavy (non-hydrogen) atoms. The topological polar surface area (TPSA) is 81.2 Å². The Labute approximate surface area is 147 Å². The van der Waals surface area contributed by atoms with Crippen LogP contribution in [0.25, 0.3) is 0 Å². The average Bonchev–Trinajstić information content (AvgIpc) is 2.60. The Morgan fingerprint density at radius 3 is 2.71 bits per heavy atom. The van der Waals surface area contributed by atoms with Crippen LogP contribution in [0.5, 0.6) is 0 Å². The summed E-state index contributed by atoms with van der Waals surface area (Å²) in [7, 11) is 1.40. The number of ether oxygens (including phenoxy) is 1. The molecule has 1 amide bonds. The Morgan fingerprint density at radius 1 is 1.33 bits per heavy atom. The first-order valence-corrected chi connectivity index (χ1v) is 8.55. The van der Waals surface area contributed by atoms with Gasteiger partial charge in [0.1, 0.15) is 0 Å². The molecular weight excluding hydrogens is 330 g/mol. The number of aromatic nitrogens is 2. The Morgan fingerprint density at radius 2 is 2.04 bits per heavy atom. The van der Waals surface area contributed by atoms with Crippen LogP contribution in [0.15, 0.2) is 12.4 Å². The van der Waals surface area contributed by atoms with Gasteiger partial charge in [-0.15, -0.1) is 0 Å². The zero-order valence-electron chi connectivity index (χ0n) is 14.3. The predicted octanol–water partition coefficient (Wildman–Crippen LogP) is 2.75. The summed E-state index contributed by atoms with van der Waals surface area (Å²) in [6, 6.07) is 0. The van der Waals surface area contributed by atoms with Crippen LogP contribution in [0.3, 0.4) is 0 Å². The second kappa shape index (κ2) is 7.92. The van der Waals surface area contributed by atoms with Gasteiger partial charge in [-0.3, -0.25) is 14.6 Å². The number of methoxy groups -OCH3 is 1. The van der Waals surface area contributed by atoms with E-state index in [-0.39, 0.29) is 30.3 Å². The monoisotopic (exact) mass is 353 g/mol. The molecule has 1 aromatic rings. The number of halogens is 1. The number of amides is 1. The Balaban J connectivity index is 1.95.